The van der Waals surface area contributed by atoms with Crippen molar-refractivity contribution in [1.29, 1.82) is 0 Å². The van der Waals surface area contributed by atoms with Crippen molar-refractivity contribution in [2.75, 3.05) is 11.9 Å². The van der Waals surface area contributed by atoms with Gasteiger partial charge in [0.1, 0.15) is 5.75 Å². The highest BCUT2D eigenvalue weighted by Gasteiger charge is 2.17. The zero-order chi connectivity index (χ0) is 22.4. The third-order valence-corrected chi connectivity index (χ3v) is 6.03. The van der Waals surface area contributed by atoms with Crippen molar-refractivity contribution >= 4 is 32.4 Å². The summed E-state index contributed by atoms with van der Waals surface area (Å²) >= 11 is 1.08. The molecular weight excluding hydrogens is 448 g/mol. The third-order valence-electron chi connectivity index (χ3n) is 3.87. The van der Waals surface area contributed by atoms with Crippen LogP contribution in [0.5, 0.6) is 5.75 Å². The van der Waals surface area contributed by atoms with Gasteiger partial charge in [-0.25, -0.2) is 13.4 Å². The van der Waals surface area contributed by atoms with E-state index in [0.717, 1.165) is 11.3 Å². The van der Waals surface area contributed by atoms with Crippen LogP contribution < -0.4 is 14.8 Å². The summed E-state index contributed by atoms with van der Waals surface area (Å²) in [6.45, 7) is -3.17. The molecule has 0 aliphatic carbocycles. The number of para-hydroxylation sites is 1. The van der Waals surface area contributed by atoms with Gasteiger partial charge in [0.05, 0.1) is 17.1 Å². The number of alkyl halides is 2. The first-order valence-electron chi connectivity index (χ1n) is 8.64. The smallest absolute Gasteiger partial charge is 0.387 e. The number of benzene rings is 2. The summed E-state index contributed by atoms with van der Waals surface area (Å²) in [5, 5.41) is 4.34. The first-order valence-corrected chi connectivity index (χ1v) is 11.0. The second-order valence-corrected chi connectivity index (χ2v) is 8.55. The Hall–Kier alpha value is -3.33. The Morgan fingerprint density at radius 1 is 1.23 bits per heavy atom. The van der Waals surface area contributed by atoms with E-state index in [9.17, 15) is 22.0 Å². The van der Waals surface area contributed by atoms with Crippen LogP contribution in [0.25, 0.3) is 11.3 Å². The number of ether oxygens (including phenoxy) is 1. The molecule has 0 saturated heterocycles. The van der Waals surface area contributed by atoms with Crippen LogP contribution >= 0.6 is 11.3 Å². The van der Waals surface area contributed by atoms with Crippen LogP contribution in [0, 0.1) is 12.3 Å². The summed E-state index contributed by atoms with van der Waals surface area (Å²) in [5.41, 5.74) is 0.764. The van der Waals surface area contributed by atoms with E-state index < -0.39 is 22.5 Å². The third kappa shape index (κ3) is 5.64. The maximum absolute atomic E-state index is 12.6. The lowest BCUT2D eigenvalue weighted by molar-refractivity contribution is -0.0494. The number of carbonyl (C=O) groups is 1. The Bertz CT molecular complexity index is 1240. The van der Waals surface area contributed by atoms with Gasteiger partial charge in [-0.3, -0.25) is 10.1 Å². The lowest BCUT2D eigenvalue weighted by Crippen LogP contribution is -2.24. The number of nitrogens with zero attached hydrogens (tertiary/aromatic N) is 1. The molecule has 0 radical (unpaired) electrons. The summed E-state index contributed by atoms with van der Waals surface area (Å²) in [6.07, 6.45) is 5.06. The zero-order valence-electron chi connectivity index (χ0n) is 15.7. The number of rotatable bonds is 8. The van der Waals surface area contributed by atoms with E-state index in [1.807, 2.05) is 0 Å². The molecule has 0 saturated carbocycles. The maximum atomic E-state index is 12.6. The van der Waals surface area contributed by atoms with Crippen molar-refractivity contribution in [3.8, 4) is 29.4 Å². The van der Waals surface area contributed by atoms with Gasteiger partial charge in [-0.1, -0.05) is 24.1 Å². The fourth-order valence-electron chi connectivity index (χ4n) is 2.53. The molecule has 1 heterocycles. The van der Waals surface area contributed by atoms with Gasteiger partial charge >= 0.3 is 6.61 Å². The van der Waals surface area contributed by atoms with Gasteiger partial charge in [-0.05, 0) is 30.3 Å². The number of carbonyl (C=O) groups excluding carboxylic acids is 1. The largest absolute Gasteiger partial charge is 0.434 e. The Morgan fingerprint density at radius 2 is 2.00 bits per heavy atom. The average Bonchev–Trinajstić information content (AvgIpc) is 3.20. The molecule has 0 fully saturated rings. The molecule has 3 aromatic rings. The standard InChI is InChI=1S/C20H15F2N3O4S2/c1-2-10-23-31(27,28)14-7-5-6-13(11-14)18(26)25-20-24-16(12-30-20)15-8-3-4-9-17(15)29-19(21)22/h1,3-9,11-12,19,23H,10H2,(H,24,25,26). The van der Waals surface area contributed by atoms with Crippen molar-refractivity contribution in [2.45, 2.75) is 11.5 Å². The molecule has 11 heteroatoms. The molecule has 0 unspecified atom stereocenters. The van der Waals surface area contributed by atoms with Crippen molar-refractivity contribution < 1.29 is 26.7 Å². The lowest BCUT2D eigenvalue weighted by atomic mass is 10.1. The second-order valence-electron chi connectivity index (χ2n) is 5.92. The summed E-state index contributed by atoms with van der Waals surface area (Å²) < 4.78 is 56.3. The molecule has 1 amide bonds. The van der Waals surface area contributed by atoms with Gasteiger partial charge in [-0.2, -0.15) is 13.5 Å². The van der Waals surface area contributed by atoms with E-state index in [2.05, 4.69) is 25.7 Å². The van der Waals surface area contributed by atoms with Gasteiger partial charge in [-0.15, -0.1) is 17.8 Å². The SMILES string of the molecule is C#CCNS(=O)(=O)c1cccc(C(=O)Nc2nc(-c3ccccc3OC(F)F)cs2)c1. The summed E-state index contributed by atoms with van der Waals surface area (Å²) in [4.78, 5) is 16.7. The minimum absolute atomic E-state index is 0.0435. The van der Waals surface area contributed by atoms with Gasteiger partial charge in [0.2, 0.25) is 10.0 Å². The normalized spacial score (nSPS) is 11.2. The number of hydrogen-bond acceptors (Lipinski definition) is 6. The highest BCUT2D eigenvalue weighted by Crippen LogP contribution is 2.33. The van der Waals surface area contributed by atoms with E-state index in [0.29, 0.717) is 11.3 Å². The van der Waals surface area contributed by atoms with Crippen LogP contribution in [0.3, 0.4) is 0 Å². The van der Waals surface area contributed by atoms with Crippen LogP contribution in [0.15, 0.2) is 58.8 Å². The van der Waals surface area contributed by atoms with Crippen molar-refractivity contribution in [3.63, 3.8) is 0 Å². The fourth-order valence-corrected chi connectivity index (χ4v) is 4.21. The number of amides is 1. The summed E-state index contributed by atoms with van der Waals surface area (Å²) in [7, 11) is -3.86. The Morgan fingerprint density at radius 3 is 2.74 bits per heavy atom. The number of thiazole rings is 1. The number of anilines is 1. The predicted octanol–water partition coefficient (Wildman–Crippen LogP) is 3.58. The van der Waals surface area contributed by atoms with E-state index in [-0.39, 0.29) is 27.9 Å². The zero-order valence-corrected chi connectivity index (χ0v) is 17.3. The molecule has 0 aliphatic heterocycles. The van der Waals surface area contributed by atoms with Crippen LogP contribution in [0.1, 0.15) is 10.4 Å². The topological polar surface area (TPSA) is 97.4 Å². The molecule has 7 nitrogen and oxygen atoms in total. The molecule has 160 valence electrons. The monoisotopic (exact) mass is 463 g/mol. The van der Waals surface area contributed by atoms with Crippen LogP contribution in [0.4, 0.5) is 13.9 Å². The van der Waals surface area contributed by atoms with E-state index in [1.165, 1.54) is 30.3 Å². The number of hydrogen-bond donors (Lipinski definition) is 2. The van der Waals surface area contributed by atoms with Crippen molar-refractivity contribution in [3.05, 3.63) is 59.5 Å². The molecule has 31 heavy (non-hydrogen) atoms. The number of sulfonamides is 1. The molecule has 3 rings (SSSR count). The number of terminal acetylenes is 1. The molecule has 2 aromatic carbocycles. The number of halogens is 2. The maximum Gasteiger partial charge on any atom is 0.387 e. The minimum atomic E-state index is -3.86. The molecule has 0 spiro atoms. The number of nitrogens with one attached hydrogen (secondary N) is 2. The van der Waals surface area contributed by atoms with Gasteiger partial charge < -0.3 is 4.74 Å². The van der Waals surface area contributed by atoms with Gasteiger partial charge in [0, 0.05) is 16.5 Å². The van der Waals surface area contributed by atoms with Gasteiger partial charge in [0.15, 0.2) is 5.13 Å². The Kier molecular flexibility index (Phi) is 6.96. The molecule has 1 aromatic heterocycles. The molecule has 0 atom stereocenters. The molecule has 0 bridgehead atoms. The van der Waals surface area contributed by atoms with Gasteiger partial charge in [0.25, 0.3) is 5.91 Å². The van der Waals surface area contributed by atoms with Crippen molar-refractivity contribution in [1.82, 2.24) is 9.71 Å². The molecule has 2 N–H and O–H groups in total. The quantitative estimate of drug-likeness (QED) is 0.498. The lowest BCUT2D eigenvalue weighted by Gasteiger charge is -2.08. The van der Waals surface area contributed by atoms with Crippen LogP contribution in [0.2, 0.25) is 0 Å². The number of aromatic nitrogens is 1. The van der Waals surface area contributed by atoms with E-state index in [4.69, 9.17) is 6.42 Å². The molecular formula is C20H15F2N3O4S2. The highest BCUT2D eigenvalue weighted by atomic mass is 32.2. The molecule has 0 aliphatic rings. The summed E-state index contributed by atoms with van der Waals surface area (Å²) in [5.74, 6) is 1.53. The highest BCUT2D eigenvalue weighted by molar-refractivity contribution is 7.89. The fraction of sp³-hybridized carbons (Fsp3) is 0.100. The Balaban J connectivity index is 1.79. The van der Waals surface area contributed by atoms with E-state index in [1.54, 1.807) is 23.6 Å². The van der Waals surface area contributed by atoms with E-state index >= 15 is 0 Å². The summed E-state index contributed by atoms with van der Waals surface area (Å²) in [6, 6.07) is 11.5. The first-order chi connectivity index (χ1) is 14.8. The van der Waals surface area contributed by atoms with Crippen molar-refractivity contribution in [2.24, 2.45) is 0 Å². The van der Waals surface area contributed by atoms with Crippen LogP contribution in [-0.4, -0.2) is 32.5 Å². The Labute approximate surface area is 181 Å². The van der Waals surface area contributed by atoms with Crippen LogP contribution in [-0.2, 0) is 10.0 Å². The first kappa shape index (κ1) is 22.4. The second kappa shape index (κ2) is 9.65. The minimum Gasteiger partial charge on any atom is -0.434 e. The predicted molar refractivity (Wildman–Crippen MR) is 113 cm³/mol. The average molecular weight is 463 g/mol.